The number of rotatable bonds is 12. The van der Waals surface area contributed by atoms with E-state index in [4.69, 9.17) is 5.73 Å². The topological polar surface area (TPSA) is 154 Å². The molecule has 13 heteroatoms. The van der Waals surface area contributed by atoms with E-state index in [2.05, 4.69) is 10.6 Å². The molecule has 0 heterocycles. The normalized spacial score (nSPS) is 12.8. The summed E-state index contributed by atoms with van der Waals surface area (Å²) in [6, 6.07) is 20.8. The number of benzene rings is 4. The Morgan fingerprint density at radius 3 is 2.10 bits per heavy atom. The molecular weight excluding hydrogens is 576 g/mol. The van der Waals surface area contributed by atoms with Crippen molar-refractivity contribution in [1.29, 1.82) is 0 Å². The maximum absolute atomic E-state index is 13.3. The van der Waals surface area contributed by atoms with Gasteiger partial charge in [-0.2, -0.15) is 0 Å². The highest BCUT2D eigenvalue weighted by Gasteiger charge is 2.28. The first-order valence-corrected chi connectivity index (χ1v) is 16.4. The summed E-state index contributed by atoms with van der Waals surface area (Å²) >= 11 is 0. The van der Waals surface area contributed by atoms with E-state index in [0.29, 0.717) is 16.3 Å². The lowest BCUT2D eigenvalue weighted by atomic mass is 10.0. The van der Waals surface area contributed by atoms with Crippen molar-refractivity contribution in [1.82, 2.24) is 14.8 Å². The van der Waals surface area contributed by atoms with Gasteiger partial charge in [-0.15, -0.1) is 4.13 Å². The molecule has 224 valence electrons. The van der Waals surface area contributed by atoms with Crippen molar-refractivity contribution in [2.75, 3.05) is 56.8 Å². The molecule has 4 aromatic carbocycles. The van der Waals surface area contributed by atoms with Gasteiger partial charge in [0.2, 0.25) is 10.0 Å². The first-order valence-electron chi connectivity index (χ1n) is 13.2. The van der Waals surface area contributed by atoms with E-state index >= 15 is 0 Å². The maximum Gasteiger partial charge on any atom is 0.254 e. The molecule has 4 rings (SSSR count). The molecule has 0 aliphatic carbocycles. The van der Waals surface area contributed by atoms with E-state index in [1.165, 1.54) is 6.07 Å². The first kappa shape index (κ1) is 31.2. The molecule has 5 N–H and O–H groups in total. The molecule has 0 saturated carbocycles. The molecule has 42 heavy (non-hydrogen) atoms. The number of fused-ring (bicyclic) bond motifs is 2. The van der Waals surface area contributed by atoms with Gasteiger partial charge in [0.1, 0.15) is 0 Å². The smallest absolute Gasteiger partial charge is 0.254 e. The summed E-state index contributed by atoms with van der Waals surface area (Å²) in [6.07, 6.45) is -1.12. The zero-order valence-electron chi connectivity index (χ0n) is 24.0. The quantitative estimate of drug-likeness (QED) is 0.176. The Balaban J connectivity index is 1.57. The predicted octanol–water partition coefficient (Wildman–Crippen LogP) is 2.04. The zero-order chi connectivity index (χ0) is 30.7. The highest BCUT2D eigenvalue weighted by atomic mass is 32.3. The predicted molar refractivity (Wildman–Crippen MR) is 169 cm³/mol. The van der Waals surface area contributed by atoms with Crippen LogP contribution in [-0.4, -0.2) is 75.9 Å². The molecule has 0 aliphatic rings. The lowest BCUT2D eigenvalue weighted by Crippen LogP contribution is -2.52. The molecule has 0 fully saturated rings. The van der Waals surface area contributed by atoms with Crippen molar-refractivity contribution in [2.45, 2.75) is 11.1 Å². The molecule has 1 amide bonds. The minimum Gasteiger partial charge on any atom is -0.377 e. The van der Waals surface area contributed by atoms with Crippen LogP contribution in [-0.2, 0) is 20.0 Å². The second kappa shape index (κ2) is 12.6. The Kier molecular flexibility index (Phi) is 9.38. The molecule has 0 bridgehead atoms. The summed E-state index contributed by atoms with van der Waals surface area (Å²) in [6.45, 7) is 0.361. The zero-order valence-corrected chi connectivity index (χ0v) is 25.6. The molecule has 11 nitrogen and oxygen atoms in total. The van der Waals surface area contributed by atoms with Gasteiger partial charge < -0.3 is 20.9 Å². The first-order chi connectivity index (χ1) is 19.8. The molecule has 0 radical (unpaired) electrons. The summed E-state index contributed by atoms with van der Waals surface area (Å²) < 4.78 is 54.9. The highest BCUT2D eigenvalue weighted by Crippen LogP contribution is 2.30. The lowest BCUT2D eigenvalue weighted by molar-refractivity contribution is 0.0934. The van der Waals surface area contributed by atoms with Crippen molar-refractivity contribution in [3.05, 3.63) is 78.4 Å². The van der Waals surface area contributed by atoms with Crippen molar-refractivity contribution < 1.29 is 21.6 Å². The van der Waals surface area contributed by atoms with Gasteiger partial charge in [-0.3, -0.25) is 10.1 Å². The van der Waals surface area contributed by atoms with Gasteiger partial charge in [0, 0.05) is 74.4 Å². The van der Waals surface area contributed by atoms with Gasteiger partial charge in [0.25, 0.3) is 15.9 Å². The summed E-state index contributed by atoms with van der Waals surface area (Å²) in [7, 11) is -1.43. The number of nitrogens with one attached hydrogen (secondary N) is 3. The van der Waals surface area contributed by atoms with Crippen LogP contribution in [0.4, 0.5) is 11.4 Å². The number of hydrogen-bond donors (Lipinski definition) is 4. The lowest BCUT2D eigenvalue weighted by Gasteiger charge is -2.21. The Morgan fingerprint density at radius 1 is 0.810 bits per heavy atom. The fraction of sp³-hybridized carbons (Fsp3) is 0.276. The third-order valence-corrected chi connectivity index (χ3v) is 10.3. The van der Waals surface area contributed by atoms with Crippen molar-refractivity contribution in [3.8, 4) is 0 Å². The molecule has 0 aliphatic heterocycles. The minimum atomic E-state index is -4.49. The number of carbonyl (C=O) groups is 1. The Morgan fingerprint density at radius 2 is 1.43 bits per heavy atom. The fourth-order valence-corrected chi connectivity index (χ4v) is 8.14. The van der Waals surface area contributed by atoms with Gasteiger partial charge in [-0.1, -0.05) is 42.5 Å². The van der Waals surface area contributed by atoms with E-state index in [-0.39, 0.29) is 18.0 Å². The Bertz CT molecular complexity index is 1830. The molecule has 0 aromatic heterocycles. The third-order valence-electron chi connectivity index (χ3n) is 6.69. The van der Waals surface area contributed by atoms with Gasteiger partial charge in [0.05, 0.1) is 16.8 Å². The standard InChI is InChI=1S/C29H36N6O5S2/c1-34(2)25-11-5-8-20-18-21(14-15-22(20)25)29(36)32-28(31-17-16-30)19-41(37,38)33-42(39,40)27-13-7-9-23-24(27)10-6-12-26(23)35(3)4/h5-15,18,28,31,33H,16-17,19,30H2,1-4H3,(H,32,36). The van der Waals surface area contributed by atoms with Crippen LogP contribution in [0.2, 0.25) is 0 Å². The summed E-state index contributed by atoms with van der Waals surface area (Å²) in [5.74, 6) is -1.27. The van der Waals surface area contributed by atoms with Crippen LogP contribution in [0.5, 0.6) is 0 Å². The average Bonchev–Trinajstić information content (AvgIpc) is 2.93. The van der Waals surface area contributed by atoms with E-state index in [0.717, 1.165) is 22.1 Å². The van der Waals surface area contributed by atoms with Gasteiger partial charge in [0.15, 0.2) is 0 Å². The molecular formula is C29H36N6O5S2. The largest absolute Gasteiger partial charge is 0.377 e. The van der Waals surface area contributed by atoms with Crippen LogP contribution in [0.15, 0.2) is 77.7 Å². The number of nitrogens with zero attached hydrogens (tertiary/aromatic N) is 2. The monoisotopic (exact) mass is 612 g/mol. The molecule has 1 unspecified atom stereocenters. The molecule has 1 atom stereocenters. The van der Waals surface area contributed by atoms with Crippen LogP contribution in [0, 0.1) is 0 Å². The minimum absolute atomic E-state index is 0.170. The van der Waals surface area contributed by atoms with E-state index in [1.807, 2.05) is 72.4 Å². The van der Waals surface area contributed by atoms with Crippen LogP contribution in [0.1, 0.15) is 10.4 Å². The molecule has 0 spiro atoms. The van der Waals surface area contributed by atoms with E-state index in [9.17, 15) is 21.6 Å². The summed E-state index contributed by atoms with van der Waals surface area (Å²) in [4.78, 5) is 16.8. The van der Waals surface area contributed by atoms with E-state index in [1.54, 1.807) is 36.4 Å². The molecule has 0 saturated heterocycles. The third kappa shape index (κ3) is 6.99. The maximum atomic E-state index is 13.3. The number of anilines is 2. The summed E-state index contributed by atoms with van der Waals surface area (Å²) in [5, 5.41) is 8.38. The fourth-order valence-electron chi connectivity index (χ4n) is 4.80. The van der Waals surface area contributed by atoms with Crippen LogP contribution in [0.3, 0.4) is 0 Å². The van der Waals surface area contributed by atoms with Gasteiger partial charge in [-0.05, 0) is 35.7 Å². The van der Waals surface area contributed by atoms with Crippen LogP contribution in [0.25, 0.3) is 21.5 Å². The molecule has 4 aromatic rings. The number of amides is 1. The van der Waals surface area contributed by atoms with Crippen LogP contribution < -0.4 is 30.3 Å². The number of sulfonamides is 2. The van der Waals surface area contributed by atoms with Gasteiger partial charge >= 0.3 is 0 Å². The summed E-state index contributed by atoms with van der Waals surface area (Å²) in [5.41, 5.74) is 7.70. The van der Waals surface area contributed by atoms with Crippen molar-refractivity contribution >= 4 is 58.9 Å². The van der Waals surface area contributed by atoms with E-state index < -0.39 is 37.9 Å². The number of hydrogen-bond acceptors (Lipinski definition) is 9. The second-order valence-corrected chi connectivity index (χ2v) is 13.9. The van der Waals surface area contributed by atoms with Crippen molar-refractivity contribution in [3.63, 3.8) is 0 Å². The Hall–Kier alpha value is -3.75. The highest BCUT2D eigenvalue weighted by molar-refractivity contribution is 8.04. The van der Waals surface area contributed by atoms with Gasteiger partial charge in [-0.25, -0.2) is 16.8 Å². The average molecular weight is 613 g/mol. The number of nitrogens with two attached hydrogens (primary N) is 1. The SMILES string of the molecule is CN(C)c1cccc2cc(C(=O)NC(CS(=O)(=O)NS(=O)(=O)c3cccc4c(N(C)C)cccc34)NCCN)ccc12. The van der Waals surface area contributed by atoms with Crippen LogP contribution >= 0.6 is 0 Å². The number of carbonyl (C=O) groups excluding carboxylic acids is 1. The Labute approximate surface area is 246 Å². The second-order valence-electron chi connectivity index (χ2n) is 10.3. The van der Waals surface area contributed by atoms with Crippen molar-refractivity contribution in [2.24, 2.45) is 5.73 Å².